The fourth-order valence-electron chi connectivity index (χ4n) is 1.89. The van der Waals surface area contributed by atoms with Crippen molar-refractivity contribution in [2.45, 2.75) is 24.8 Å². The zero-order valence-corrected chi connectivity index (χ0v) is 9.44. The van der Waals surface area contributed by atoms with Crippen LogP contribution in [0.4, 0.5) is 0 Å². The lowest BCUT2D eigenvalue weighted by molar-refractivity contribution is 0.0929. The summed E-state index contributed by atoms with van der Waals surface area (Å²) >= 11 is 0. The Morgan fingerprint density at radius 3 is 2.35 bits per heavy atom. The van der Waals surface area contributed by atoms with Crippen LogP contribution >= 0.6 is 0 Å². The maximum absolute atomic E-state index is 11.7. The highest BCUT2D eigenvalue weighted by atomic mass is 16.3. The van der Waals surface area contributed by atoms with Gasteiger partial charge in [-0.15, -0.1) is 0 Å². The Hall–Kier alpha value is -1.75. The fourth-order valence-corrected chi connectivity index (χ4v) is 1.89. The number of rotatable bonds is 3. The molecular weight excluding hydrogens is 220 g/mol. The molecule has 5 N–H and O–H groups in total. The van der Waals surface area contributed by atoms with Crippen molar-refractivity contribution in [3.8, 4) is 11.5 Å². The summed E-state index contributed by atoms with van der Waals surface area (Å²) in [6.07, 6.45) is 2.93. The third-order valence-electron chi connectivity index (χ3n) is 3.12. The predicted molar refractivity (Wildman–Crippen MR) is 62.9 cm³/mol. The van der Waals surface area contributed by atoms with Crippen molar-refractivity contribution in [3.05, 3.63) is 23.8 Å². The molecule has 0 unspecified atom stereocenters. The van der Waals surface area contributed by atoms with Crippen LogP contribution in [0.3, 0.4) is 0 Å². The Balaban J connectivity index is 1.99. The molecule has 1 aliphatic rings. The molecule has 1 aromatic rings. The van der Waals surface area contributed by atoms with Gasteiger partial charge >= 0.3 is 0 Å². The molecule has 2 rings (SSSR count). The van der Waals surface area contributed by atoms with Crippen LogP contribution in [0.1, 0.15) is 29.6 Å². The van der Waals surface area contributed by atoms with Crippen molar-refractivity contribution in [1.82, 2.24) is 5.32 Å². The van der Waals surface area contributed by atoms with Crippen LogP contribution in [0, 0.1) is 0 Å². The highest BCUT2D eigenvalue weighted by molar-refractivity contribution is 5.95. The van der Waals surface area contributed by atoms with Crippen molar-refractivity contribution in [1.29, 1.82) is 0 Å². The molecule has 0 aromatic heterocycles. The van der Waals surface area contributed by atoms with Gasteiger partial charge in [-0.25, -0.2) is 0 Å². The van der Waals surface area contributed by atoms with Gasteiger partial charge in [0.05, 0.1) is 0 Å². The molecule has 92 valence electrons. The second-order valence-electron chi connectivity index (χ2n) is 4.64. The summed E-state index contributed by atoms with van der Waals surface area (Å²) in [5.41, 5.74) is 5.92. The van der Waals surface area contributed by atoms with E-state index in [0.717, 1.165) is 19.3 Å². The standard InChI is InChI=1S/C12H16N2O3/c13-12(2-1-3-12)7-14-11(17)8-4-9(15)6-10(16)5-8/h4-6,15-16H,1-3,7,13H2,(H,14,17). The van der Waals surface area contributed by atoms with Gasteiger partial charge in [0.15, 0.2) is 0 Å². The fraction of sp³-hybridized carbons (Fsp3) is 0.417. The van der Waals surface area contributed by atoms with Crippen LogP contribution in [0.2, 0.25) is 0 Å². The van der Waals surface area contributed by atoms with Crippen LogP contribution in [-0.4, -0.2) is 28.2 Å². The molecule has 0 atom stereocenters. The quantitative estimate of drug-likeness (QED) is 0.621. The lowest BCUT2D eigenvalue weighted by atomic mass is 9.78. The van der Waals surface area contributed by atoms with Crippen molar-refractivity contribution in [2.24, 2.45) is 5.73 Å². The number of hydrogen-bond acceptors (Lipinski definition) is 4. The third-order valence-corrected chi connectivity index (χ3v) is 3.12. The number of carbonyl (C=O) groups is 1. The molecule has 0 saturated heterocycles. The van der Waals surface area contributed by atoms with Gasteiger partial charge in [-0.3, -0.25) is 4.79 Å². The molecule has 1 amide bonds. The van der Waals surface area contributed by atoms with Crippen LogP contribution in [0.25, 0.3) is 0 Å². The van der Waals surface area contributed by atoms with Crippen LogP contribution in [0.5, 0.6) is 11.5 Å². The summed E-state index contributed by atoms with van der Waals surface area (Å²) in [7, 11) is 0. The largest absolute Gasteiger partial charge is 0.508 e. The van der Waals surface area contributed by atoms with Crippen molar-refractivity contribution in [2.75, 3.05) is 6.54 Å². The van der Waals surface area contributed by atoms with E-state index < -0.39 is 0 Å². The maximum Gasteiger partial charge on any atom is 0.251 e. The monoisotopic (exact) mass is 236 g/mol. The highest BCUT2D eigenvalue weighted by Crippen LogP contribution is 2.28. The number of phenolic OH excluding ortho intramolecular Hbond substituents is 2. The van der Waals surface area contributed by atoms with Crippen LogP contribution < -0.4 is 11.1 Å². The first-order valence-corrected chi connectivity index (χ1v) is 5.59. The molecule has 0 bridgehead atoms. The average molecular weight is 236 g/mol. The van der Waals surface area contributed by atoms with Gasteiger partial charge in [0.25, 0.3) is 5.91 Å². The van der Waals surface area contributed by atoms with Gasteiger partial charge in [0, 0.05) is 23.7 Å². The van der Waals surface area contributed by atoms with Crippen LogP contribution in [-0.2, 0) is 0 Å². The van der Waals surface area contributed by atoms with E-state index in [2.05, 4.69) is 5.32 Å². The third kappa shape index (κ3) is 2.68. The summed E-state index contributed by atoms with van der Waals surface area (Å²) < 4.78 is 0. The Bertz CT molecular complexity index is 421. The lowest BCUT2D eigenvalue weighted by Crippen LogP contribution is -2.54. The van der Waals surface area contributed by atoms with E-state index in [9.17, 15) is 15.0 Å². The van der Waals surface area contributed by atoms with E-state index in [4.69, 9.17) is 5.73 Å². The minimum Gasteiger partial charge on any atom is -0.508 e. The SMILES string of the molecule is NC1(CNC(=O)c2cc(O)cc(O)c2)CCC1. The van der Waals surface area contributed by atoms with Gasteiger partial charge in [0.2, 0.25) is 0 Å². The molecule has 0 heterocycles. The van der Waals surface area contributed by atoms with Gasteiger partial charge < -0.3 is 21.3 Å². The highest BCUT2D eigenvalue weighted by Gasteiger charge is 2.32. The van der Waals surface area contributed by atoms with E-state index >= 15 is 0 Å². The Morgan fingerprint density at radius 2 is 1.88 bits per heavy atom. The summed E-state index contributed by atoms with van der Waals surface area (Å²) in [6.45, 7) is 0.419. The molecule has 1 aliphatic carbocycles. The maximum atomic E-state index is 11.7. The van der Waals surface area contributed by atoms with E-state index in [1.54, 1.807) is 0 Å². The number of amides is 1. The number of phenols is 2. The Kier molecular flexibility index (Phi) is 2.93. The van der Waals surface area contributed by atoms with Gasteiger partial charge in [0.1, 0.15) is 11.5 Å². The zero-order chi connectivity index (χ0) is 12.5. The van der Waals surface area contributed by atoms with E-state index in [0.29, 0.717) is 6.54 Å². The molecule has 0 spiro atoms. The summed E-state index contributed by atoms with van der Waals surface area (Å²) in [4.78, 5) is 11.7. The first-order valence-electron chi connectivity index (χ1n) is 5.59. The Labute approximate surface area is 99.3 Å². The molecular formula is C12H16N2O3. The smallest absolute Gasteiger partial charge is 0.251 e. The molecule has 0 aliphatic heterocycles. The van der Waals surface area contributed by atoms with Gasteiger partial charge in [-0.05, 0) is 31.4 Å². The normalized spacial score (nSPS) is 17.2. The van der Waals surface area contributed by atoms with Crippen molar-refractivity contribution < 1.29 is 15.0 Å². The predicted octanol–water partition coefficient (Wildman–Crippen LogP) is 0.709. The molecule has 5 heteroatoms. The van der Waals surface area contributed by atoms with E-state index in [1.807, 2.05) is 0 Å². The number of carbonyl (C=O) groups excluding carboxylic acids is 1. The van der Waals surface area contributed by atoms with Crippen LogP contribution in [0.15, 0.2) is 18.2 Å². The molecule has 0 radical (unpaired) electrons. The van der Waals surface area contributed by atoms with Crippen molar-refractivity contribution in [3.63, 3.8) is 0 Å². The van der Waals surface area contributed by atoms with Crippen molar-refractivity contribution >= 4 is 5.91 Å². The lowest BCUT2D eigenvalue weighted by Gasteiger charge is -2.38. The second-order valence-corrected chi connectivity index (χ2v) is 4.64. The van der Waals surface area contributed by atoms with E-state index in [-0.39, 0.29) is 28.5 Å². The molecule has 5 nitrogen and oxygen atoms in total. The number of hydrogen-bond donors (Lipinski definition) is 4. The Morgan fingerprint density at radius 1 is 1.29 bits per heavy atom. The first kappa shape index (κ1) is 11.7. The molecule has 1 aromatic carbocycles. The number of benzene rings is 1. The molecule has 17 heavy (non-hydrogen) atoms. The second kappa shape index (κ2) is 4.25. The van der Waals surface area contributed by atoms with E-state index in [1.165, 1.54) is 18.2 Å². The number of aromatic hydroxyl groups is 2. The summed E-state index contributed by atoms with van der Waals surface area (Å²) in [5, 5.41) is 21.2. The van der Waals surface area contributed by atoms with Gasteiger partial charge in [-0.2, -0.15) is 0 Å². The zero-order valence-electron chi connectivity index (χ0n) is 9.44. The summed E-state index contributed by atoms with van der Waals surface area (Å²) in [5.74, 6) is -0.615. The number of nitrogens with two attached hydrogens (primary N) is 1. The summed E-state index contributed by atoms with van der Waals surface area (Å²) in [6, 6.07) is 3.78. The molecule has 1 fully saturated rings. The minimum absolute atomic E-state index is 0.138. The topological polar surface area (TPSA) is 95.6 Å². The molecule has 1 saturated carbocycles. The van der Waals surface area contributed by atoms with Gasteiger partial charge in [-0.1, -0.05) is 0 Å². The first-order chi connectivity index (χ1) is 7.98. The average Bonchev–Trinajstić information content (AvgIpc) is 2.22. The number of nitrogens with one attached hydrogen (secondary N) is 1. The minimum atomic E-state index is -0.340.